The topological polar surface area (TPSA) is 81.7 Å². The van der Waals surface area contributed by atoms with Gasteiger partial charge in [0, 0.05) is 5.69 Å². The average molecular weight is 426 g/mol. The van der Waals surface area contributed by atoms with Gasteiger partial charge in [-0.25, -0.2) is 9.80 Å². The van der Waals surface area contributed by atoms with Crippen LogP contribution in [-0.4, -0.2) is 22.6 Å². The van der Waals surface area contributed by atoms with Gasteiger partial charge in [0.15, 0.2) is 0 Å². The van der Waals surface area contributed by atoms with Gasteiger partial charge in [-0.2, -0.15) is 0 Å². The Morgan fingerprint density at radius 2 is 1.35 bits per heavy atom. The van der Waals surface area contributed by atoms with Crippen molar-refractivity contribution in [2.75, 3.05) is 10.3 Å². The van der Waals surface area contributed by atoms with E-state index in [1.165, 1.54) is 5.01 Å². The number of para-hydroxylation sites is 2. The van der Waals surface area contributed by atoms with Crippen molar-refractivity contribution < 1.29 is 14.7 Å². The van der Waals surface area contributed by atoms with E-state index in [-0.39, 0.29) is 0 Å². The van der Waals surface area contributed by atoms with Crippen molar-refractivity contribution in [3.05, 3.63) is 60.7 Å². The van der Waals surface area contributed by atoms with Gasteiger partial charge in [-0.05, 0) is 37.1 Å². The Balaban J connectivity index is 2.21. The molecule has 2 aromatic carbocycles. The molecule has 0 fully saturated rings. The van der Waals surface area contributed by atoms with Gasteiger partial charge >= 0.3 is 6.03 Å². The van der Waals surface area contributed by atoms with E-state index < -0.39 is 17.5 Å². The number of unbranched alkanes of at least 4 members (excludes halogenated alkanes) is 4. The van der Waals surface area contributed by atoms with Gasteiger partial charge in [0.05, 0.1) is 5.69 Å². The summed E-state index contributed by atoms with van der Waals surface area (Å²) in [7, 11) is 0. The van der Waals surface area contributed by atoms with Crippen LogP contribution in [0.5, 0.6) is 0 Å². The number of nitrogens with one attached hydrogen (secondary N) is 2. The number of benzene rings is 2. The van der Waals surface area contributed by atoms with Crippen LogP contribution in [0, 0.1) is 0 Å². The zero-order chi connectivity index (χ0) is 22.5. The van der Waals surface area contributed by atoms with Crippen LogP contribution >= 0.6 is 0 Å². The second-order valence-electron chi connectivity index (χ2n) is 7.85. The Hall–Kier alpha value is -2.86. The summed E-state index contributed by atoms with van der Waals surface area (Å²) in [5.74, 6) is -0.549. The highest BCUT2D eigenvalue weighted by Crippen LogP contribution is 2.24. The van der Waals surface area contributed by atoms with Gasteiger partial charge in [0.1, 0.15) is 5.60 Å². The normalized spacial score (nSPS) is 11.1. The number of amides is 3. The van der Waals surface area contributed by atoms with Crippen molar-refractivity contribution in [3.8, 4) is 0 Å². The minimum atomic E-state index is -1.51. The molecule has 2 aromatic rings. The fourth-order valence-electron chi connectivity index (χ4n) is 3.40. The molecule has 3 N–H and O–H groups in total. The third kappa shape index (κ3) is 7.72. The second-order valence-corrected chi connectivity index (χ2v) is 7.85. The van der Waals surface area contributed by atoms with Crippen molar-refractivity contribution in [2.24, 2.45) is 0 Å². The van der Waals surface area contributed by atoms with E-state index in [1.807, 2.05) is 24.3 Å². The predicted octanol–water partition coefficient (Wildman–Crippen LogP) is 5.65. The number of aliphatic hydroxyl groups is 1. The Kier molecular flexibility index (Phi) is 10.0. The molecule has 0 aliphatic rings. The molecule has 0 radical (unpaired) electrons. The number of anilines is 2. The van der Waals surface area contributed by atoms with Crippen LogP contribution in [-0.2, 0) is 4.79 Å². The van der Waals surface area contributed by atoms with Crippen LogP contribution in [0.4, 0.5) is 16.2 Å². The number of carbonyl (C=O) groups is 2. The fourth-order valence-corrected chi connectivity index (χ4v) is 3.40. The average Bonchev–Trinajstić information content (AvgIpc) is 2.79. The van der Waals surface area contributed by atoms with Crippen LogP contribution in [0.15, 0.2) is 60.7 Å². The molecule has 6 nitrogen and oxygen atoms in total. The van der Waals surface area contributed by atoms with E-state index in [9.17, 15) is 14.7 Å². The van der Waals surface area contributed by atoms with Crippen LogP contribution in [0.2, 0.25) is 0 Å². The number of carbonyl (C=O) groups excluding carboxylic acids is 2. The lowest BCUT2D eigenvalue weighted by Crippen LogP contribution is -2.56. The highest BCUT2D eigenvalue weighted by molar-refractivity contribution is 6.04. The summed E-state index contributed by atoms with van der Waals surface area (Å²) < 4.78 is 0. The molecule has 168 valence electrons. The standard InChI is InChI=1S/C25H35N3O3/c1-3-5-13-19-25(31,20-14-6-4-2)23(29)27-28(22-17-11-8-12-18-22)24(30)26-21-15-9-7-10-16-21/h7-12,15-18,31H,3-6,13-14,19-20H2,1-2H3,(H,26,30)(H,27,29). The summed E-state index contributed by atoms with van der Waals surface area (Å²) in [6, 6.07) is 17.4. The number of hydrogen-bond donors (Lipinski definition) is 3. The zero-order valence-corrected chi connectivity index (χ0v) is 18.6. The van der Waals surface area contributed by atoms with Crippen molar-refractivity contribution >= 4 is 23.3 Å². The third-order valence-corrected chi connectivity index (χ3v) is 5.27. The van der Waals surface area contributed by atoms with E-state index in [1.54, 1.807) is 36.4 Å². The fraction of sp³-hybridized carbons (Fsp3) is 0.440. The third-order valence-electron chi connectivity index (χ3n) is 5.27. The smallest absolute Gasteiger partial charge is 0.345 e. The van der Waals surface area contributed by atoms with Gasteiger partial charge in [0.2, 0.25) is 0 Å². The lowest BCUT2D eigenvalue weighted by atomic mass is 9.89. The number of hydrazine groups is 1. The van der Waals surface area contributed by atoms with Crippen molar-refractivity contribution in [3.63, 3.8) is 0 Å². The maximum atomic E-state index is 13.2. The molecule has 0 aliphatic carbocycles. The van der Waals surface area contributed by atoms with Crippen molar-refractivity contribution in [1.29, 1.82) is 0 Å². The first-order valence-corrected chi connectivity index (χ1v) is 11.2. The van der Waals surface area contributed by atoms with E-state index in [0.29, 0.717) is 24.2 Å². The molecule has 0 unspecified atom stereocenters. The van der Waals surface area contributed by atoms with Crippen LogP contribution in [0.1, 0.15) is 65.2 Å². The summed E-state index contributed by atoms with van der Waals surface area (Å²) >= 11 is 0. The maximum Gasteiger partial charge on any atom is 0.345 e. The van der Waals surface area contributed by atoms with Crippen molar-refractivity contribution in [1.82, 2.24) is 5.43 Å². The zero-order valence-electron chi connectivity index (χ0n) is 18.6. The molecule has 2 rings (SSSR count). The summed E-state index contributed by atoms with van der Waals surface area (Å²) in [5.41, 5.74) is 2.29. The Bertz CT molecular complexity index is 786. The van der Waals surface area contributed by atoms with E-state index in [0.717, 1.165) is 38.5 Å². The molecular weight excluding hydrogens is 390 g/mol. The molecule has 0 saturated heterocycles. The number of urea groups is 1. The van der Waals surface area contributed by atoms with Crippen LogP contribution < -0.4 is 15.8 Å². The van der Waals surface area contributed by atoms with Gasteiger partial charge in [-0.1, -0.05) is 88.8 Å². The van der Waals surface area contributed by atoms with Gasteiger partial charge in [-0.3, -0.25) is 10.2 Å². The molecular formula is C25H35N3O3. The summed E-state index contributed by atoms with van der Waals surface area (Å²) in [5, 5.41) is 15.2. The van der Waals surface area contributed by atoms with Gasteiger partial charge in [0.25, 0.3) is 5.91 Å². The summed E-state index contributed by atoms with van der Waals surface area (Å²) in [4.78, 5) is 26.2. The molecule has 0 spiro atoms. The molecule has 6 heteroatoms. The predicted molar refractivity (Wildman–Crippen MR) is 126 cm³/mol. The van der Waals surface area contributed by atoms with Gasteiger partial charge < -0.3 is 10.4 Å². The molecule has 0 saturated carbocycles. The molecule has 0 bridgehead atoms. The number of rotatable bonds is 11. The Morgan fingerprint density at radius 1 is 0.839 bits per heavy atom. The minimum Gasteiger partial charge on any atom is -0.380 e. The lowest BCUT2D eigenvalue weighted by molar-refractivity contribution is -0.141. The van der Waals surface area contributed by atoms with E-state index in [2.05, 4.69) is 24.6 Å². The highest BCUT2D eigenvalue weighted by Gasteiger charge is 2.36. The second kappa shape index (κ2) is 12.7. The van der Waals surface area contributed by atoms with Gasteiger partial charge in [-0.15, -0.1) is 0 Å². The first-order chi connectivity index (χ1) is 15.0. The van der Waals surface area contributed by atoms with E-state index in [4.69, 9.17) is 0 Å². The summed E-state index contributed by atoms with van der Waals surface area (Å²) in [6.07, 6.45) is 6.16. The molecule has 0 atom stereocenters. The van der Waals surface area contributed by atoms with Crippen LogP contribution in [0.25, 0.3) is 0 Å². The Morgan fingerprint density at radius 3 is 1.87 bits per heavy atom. The number of nitrogens with zero attached hydrogens (tertiary/aromatic N) is 1. The first-order valence-electron chi connectivity index (χ1n) is 11.2. The quantitative estimate of drug-likeness (QED) is 0.321. The molecule has 3 amide bonds. The largest absolute Gasteiger partial charge is 0.380 e. The first kappa shape index (κ1) is 24.4. The molecule has 0 heterocycles. The maximum absolute atomic E-state index is 13.2. The molecule has 31 heavy (non-hydrogen) atoms. The molecule has 0 aliphatic heterocycles. The SMILES string of the molecule is CCCCCC(O)(CCCCC)C(=O)NN(C(=O)Nc1ccccc1)c1ccccc1. The number of hydrogen-bond acceptors (Lipinski definition) is 3. The summed E-state index contributed by atoms with van der Waals surface area (Å²) in [6.45, 7) is 4.17. The minimum absolute atomic E-state index is 0.374. The van der Waals surface area contributed by atoms with Crippen LogP contribution in [0.3, 0.4) is 0 Å². The Labute approximate surface area is 185 Å². The lowest BCUT2D eigenvalue weighted by Gasteiger charge is -2.31. The highest BCUT2D eigenvalue weighted by atomic mass is 16.3. The van der Waals surface area contributed by atoms with Crippen molar-refractivity contribution in [2.45, 2.75) is 70.8 Å². The molecule has 0 aromatic heterocycles. The van der Waals surface area contributed by atoms with E-state index >= 15 is 0 Å². The monoisotopic (exact) mass is 425 g/mol.